The highest BCUT2D eigenvalue weighted by molar-refractivity contribution is 7.90. The Morgan fingerprint density at radius 3 is 2.41 bits per heavy atom. The molecule has 1 aromatic rings. The van der Waals surface area contributed by atoms with Crippen LogP contribution < -0.4 is 16.2 Å². The van der Waals surface area contributed by atoms with Gasteiger partial charge in [-0.2, -0.15) is 4.99 Å². The van der Waals surface area contributed by atoms with Crippen molar-refractivity contribution in [1.29, 1.82) is 0 Å². The Morgan fingerprint density at radius 2 is 1.95 bits per heavy atom. The third-order valence-corrected chi connectivity index (χ3v) is 4.22. The molecule has 0 fully saturated rings. The van der Waals surface area contributed by atoms with E-state index >= 15 is 0 Å². The molecule has 0 spiro atoms. The minimum atomic E-state index is -3.49. The number of ether oxygens (including phenoxy) is 1. The van der Waals surface area contributed by atoms with E-state index in [1.807, 2.05) is 6.92 Å². The number of unbranched alkanes of at least 4 members (excludes halogenated alkanes) is 1. The molecule has 4 N–H and O–H groups in total. The number of rotatable bonds is 6. The van der Waals surface area contributed by atoms with Crippen LogP contribution in [0.15, 0.2) is 22.0 Å². The largest absolute Gasteiger partial charge is 0.496 e. The summed E-state index contributed by atoms with van der Waals surface area (Å²) in [6, 6.07) is 2.83. The van der Waals surface area contributed by atoms with E-state index in [4.69, 9.17) is 16.2 Å². The van der Waals surface area contributed by atoms with Gasteiger partial charge in [0.05, 0.1) is 17.6 Å². The normalized spacial score (nSPS) is 11.0. The molecule has 0 saturated carbocycles. The van der Waals surface area contributed by atoms with Crippen LogP contribution in [0.5, 0.6) is 5.75 Å². The highest BCUT2D eigenvalue weighted by atomic mass is 32.2. The number of aliphatic imine (C=N–C) groups is 1. The quantitative estimate of drug-likeness (QED) is 0.589. The van der Waals surface area contributed by atoms with Gasteiger partial charge in [-0.15, -0.1) is 0 Å². The molecule has 0 unspecified atom stereocenters. The summed E-state index contributed by atoms with van der Waals surface area (Å²) in [5, 5.41) is 0. The number of hydrogen-bond acceptors (Lipinski definition) is 4. The monoisotopic (exact) mass is 327 g/mol. The third kappa shape index (κ3) is 4.45. The fourth-order valence-corrected chi connectivity index (χ4v) is 2.99. The molecule has 0 bridgehead atoms. The molecule has 0 radical (unpaired) electrons. The lowest BCUT2D eigenvalue weighted by Crippen LogP contribution is -2.24. The zero-order valence-electron chi connectivity index (χ0n) is 12.9. The molecule has 1 aromatic carbocycles. The van der Waals surface area contributed by atoms with E-state index in [0.717, 1.165) is 19.1 Å². The molecule has 7 nitrogen and oxygen atoms in total. The van der Waals surface area contributed by atoms with Crippen molar-refractivity contribution in [3.05, 3.63) is 23.3 Å². The Bertz CT molecular complexity index is 692. The lowest BCUT2D eigenvalue weighted by Gasteiger charge is -2.13. The highest BCUT2D eigenvalue weighted by Gasteiger charge is 2.21. The Balaban J connectivity index is 3.53. The van der Waals surface area contributed by atoms with Gasteiger partial charge in [-0.1, -0.05) is 13.3 Å². The second kappa shape index (κ2) is 7.26. The number of carbonyl (C=O) groups excluding carboxylic acids is 1. The average Bonchev–Trinajstić information content (AvgIpc) is 2.42. The van der Waals surface area contributed by atoms with Crippen molar-refractivity contribution in [2.75, 3.05) is 13.4 Å². The SMILES string of the molecule is CCCCc1cc(OC)c(C(=O)N=C(N)N)cc1S(C)(=O)=O. The molecule has 22 heavy (non-hydrogen) atoms. The number of guanidine groups is 1. The molecule has 0 heterocycles. The zero-order valence-corrected chi connectivity index (χ0v) is 13.7. The molecule has 0 saturated heterocycles. The van der Waals surface area contributed by atoms with Gasteiger partial charge in [-0.25, -0.2) is 8.42 Å². The van der Waals surface area contributed by atoms with Gasteiger partial charge in [0, 0.05) is 6.26 Å². The first-order valence-corrected chi connectivity index (χ1v) is 8.64. The summed E-state index contributed by atoms with van der Waals surface area (Å²) >= 11 is 0. The smallest absolute Gasteiger partial charge is 0.283 e. The Labute approximate surface area is 130 Å². The highest BCUT2D eigenvalue weighted by Crippen LogP contribution is 2.28. The van der Waals surface area contributed by atoms with Crippen LogP contribution >= 0.6 is 0 Å². The number of aryl methyl sites for hydroxylation is 1. The van der Waals surface area contributed by atoms with Crippen molar-refractivity contribution >= 4 is 21.7 Å². The van der Waals surface area contributed by atoms with Gasteiger partial charge in [0.15, 0.2) is 15.8 Å². The number of carbonyl (C=O) groups is 1. The predicted molar refractivity (Wildman–Crippen MR) is 84.9 cm³/mol. The van der Waals surface area contributed by atoms with E-state index < -0.39 is 21.7 Å². The number of nitrogens with two attached hydrogens (primary N) is 2. The van der Waals surface area contributed by atoms with Crippen LogP contribution in [-0.2, 0) is 16.3 Å². The second-order valence-electron chi connectivity index (χ2n) is 4.88. The van der Waals surface area contributed by atoms with E-state index in [0.29, 0.717) is 12.0 Å². The fourth-order valence-electron chi connectivity index (χ4n) is 2.02. The summed E-state index contributed by atoms with van der Waals surface area (Å²) in [6.07, 6.45) is 3.41. The summed E-state index contributed by atoms with van der Waals surface area (Å²) in [5.74, 6) is -0.902. The first-order valence-electron chi connectivity index (χ1n) is 6.75. The molecule has 0 aliphatic rings. The predicted octanol–water partition coefficient (Wildman–Crippen LogP) is 0.855. The molecule has 0 aliphatic heterocycles. The van der Waals surface area contributed by atoms with Crippen LogP contribution in [0.2, 0.25) is 0 Å². The molecule has 0 aliphatic carbocycles. The number of amides is 1. The second-order valence-corrected chi connectivity index (χ2v) is 6.86. The maximum atomic E-state index is 12.0. The van der Waals surface area contributed by atoms with E-state index in [9.17, 15) is 13.2 Å². The maximum absolute atomic E-state index is 12.0. The van der Waals surface area contributed by atoms with Gasteiger partial charge >= 0.3 is 0 Å². The topological polar surface area (TPSA) is 125 Å². The summed E-state index contributed by atoms with van der Waals surface area (Å²) < 4.78 is 29.1. The average molecular weight is 327 g/mol. The third-order valence-electron chi connectivity index (χ3n) is 3.04. The first kappa shape index (κ1) is 18.0. The summed E-state index contributed by atoms with van der Waals surface area (Å²) in [7, 11) is -2.10. The van der Waals surface area contributed by atoms with Crippen LogP contribution in [0.25, 0.3) is 0 Å². The van der Waals surface area contributed by atoms with Gasteiger partial charge in [0.2, 0.25) is 0 Å². The summed E-state index contributed by atoms with van der Waals surface area (Å²) in [6.45, 7) is 2.01. The molecule has 1 amide bonds. The minimum Gasteiger partial charge on any atom is -0.496 e. The molecule has 0 aromatic heterocycles. The standard InChI is InChI=1S/C14H21N3O4S/c1-4-5-6-9-7-11(21-2)10(13(18)17-14(15)16)8-12(9)22(3,19)20/h7-8H,4-6H2,1-3H3,(H4,15,16,17,18). The number of benzene rings is 1. The molecule has 0 atom stereocenters. The minimum absolute atomic E-state index is 0.0107. The van der Waals surface area contributed by atoms with Crippen molar-refractivity contribution < 1.29 is 17.9 Å². The Kier molecular flexibility index (Phi) is 5.92. The van der Waals surface area contributed by atoms with E-state index in [1.54, 1.807) is 6.07 Å². The molecule has 122 valence electrons. The van der Waals surface area contributed by atoms with Crippen LogP contribution in [0.1, 0.15) is 35.7 Å². The van der Waals surface area contributed by atoms with E-state index in [2.05, 4.69) is 4.99 Å². The van der Waals surface area contributed by atoms with Crippen LogP contribution in [0.4, 0.5) is 0 Å². The molecule has 8 heteroatoms. The van der Waals surface area contributed by atoms with Gasteiger partial charge < -0.3 is 16.2 Å². The van der Waals surface area contributed by atoms with Crippen molar-refractivity contribution in [3.63, 3.8) is 0 Å². The van der Waals surface area contributed by atoms with Crippen molar-refractivity contribution in [2.45, 2.75) is 31.1 Å². The van der Waals surface area contributed by atoms with Crippen molar-refractivity contribution in [1.82, 2.24) is 0 Å². The van der Waals surface area contributed by atoms with Crippen LogP contribution in [0, 0.1) is 0 Å². The summed E-state index contributed by atoms with van der Waals surface area (Å²) in [4.78, 5) is 15.5. The van der Waals surface area contributed by atoms with Gasteiger partial charge in [0.1, 0.15) is 5.75 Å². The molecule has 1 rings (SSSR count). The lowest BCUT2D eigenvalue weighted by atomic mass is 10.0. The zero-order chi connectivity index (χ0) is 16.9. The number of nitrogens with zero attached hydrogens (tertiary/aromatic N) is 1. The van der Waals surface area contributed by atoms with Crippen LogP contribution in [0.3, 0.4) is 0 Å². The lowest BCUT2D eigenvalue weighted by molar-refractivity contribution is 0.0999. The van der Waals surface area contributed by atoms with Crippen LogP contribution in [-0.4, -0.2) is 33.7 Å². The van der Waals surface area contributed by atoms with Gasteiger partial charge in [-0.3, -0.25) is 4.79 Å². The first-order chi connectivity index (χ1) is 10.2. The van der Waals surface area contributed by atoms with Gasteiger partial charge in [-0.05, 0) is 30.5 Å². The molecular weight excluding hydrogens is 306 g/mol. The number of methoxy groups -OCH3 is 1. The Hall–Kier alpha value is -2.09. The van der Waals surface area contributed by atoms with E-state index in [1.165, 1.54) is 13.2 Å². The van der Waals surface area contributed by atoms with Crippen molar-refractivity contribution in [2.24, 2.45) is 16.5 Å². The van der Waals surface area contributed by atoms with E-state index in [-0.39, 0.29) is 16.2 Å². The molecular formula is C14H21N3O4S. The Morgan fingerprint density at radius 1 is 1.32 bits per heavy atom. The maximum Gasteiger partial charge on any atom is 0.283 e. The van der Waals surface area contributed by atoms with Gasteiger partial charge in [0.25, 0.3) is 5.91 Å². The number of sulfone groups is 1. The van der Waals surface area contributed by atoms with Crippen molar-refractivity contribution in [3.8, 4) is 5.75 Å². The number of hydrogen-bond donors (Lipinski definition) is 2. The summed E-state index contributed by atoms with van der Waals surface area (Å²) in [5.41, 5.74) is 11.0. The fraction of sp³-hybridized carbons (Fsp3) is 0.429.